The van der Waals surface area contributed by atoms with E-state index >= 15 is 0 Å². The van der Waals surface area contributed by atoms with Crippen molar-refractivity contribution >= 4 is 16.6 Å². The van der Waals surface area contributed by atoms with Gasteiger partial charge in [-0.3, -0.25) is 4.79 Å². The molecule has 0 aromatic heterocycles. The summed E-state index contributed by atoms with van der Waals surface area (Å²) in [5, 5.41) is 2.62. The van der Waals surface area contributed by atoms with Crippen LogP contribution in [0.15, 0.2) is 78.9 Å². The van der Waals surface area contributed by atoms with E-state index < -0.39 is 0 Å². The molecule has 1 nitrogen and oxygen atoms in total. The van der Waals surface area contributed by atoms with Gasteiger partial charge in [0.2, 0.25) is 0 Å². The number of fused-ring (bicyclic) bond motifs is 1. The number of Topliss-reactive ketones (excluding diaryl/α,β-unsaturated/α-hetero) is 1. The Labute approximate surface area is 168 Å². The van der Waals surface area contributed by atoms with Gasteiger partial charge < -0.3 is 0 Å². The van der Waals surface area contributed by atoms with Gasteiger partial charge in [0.05, 0.1) is 0 Å². The zero-order valence-electron chi connectivity index (χ0n) is 18.9. The minimum Gasteiger partial charge on any atom is -0.295 e. The molecular formula is C26H40O. The van der Waals surface area contributed by atoms with Gasteiger partial charge in [-0.1, -0.05) is 134 Å². The Morgan fingerprint density at radius 1 is 0.481 bits per heavy atom. The number of carbonyl (C=O) groups is 1. The lowest BCUT2D eigenvalue weighted by Crippen LogP contribution is -1.88. The summed E-state index contributed by atoms with van der Waals surface area (Å²) in [7, 11) is 0. The van der Waals surface area contributed by atoms with Crippen molar-refractivity contribution in [1.82, 2.24) is 0 Å². The summed E-state index contributed by atoms with van der Waals surface area (Å²) in [6.07, 6.45) is 0. The first kappa shape index (κ1) is 29.4. The Balaban J connectivity index is -0.000000314. The maximum Gasteiger partial charge on any atom is 0.159 e. The molecule has 0 aliphatic rings. The molecule has 0 fully saturated rings. The highest BCUT2D eigenvalue weighted by molar-refractivity contribution is 5.93. The lowest BCUT2D eigenvalue weighted by Gasteiger charge is -1.92. The molecule has 150 valence electrons. The van der Waals surface area contributed by atoms with Crippen LogP contribution in [0.1, 0.15) is 72.7 Å². The van der Waals surface area contributed by atoms with E-state index in [0.29, 0.717) is 0 Å². The van der Waals surface area contributed by atoms with E-state index in [4.69, 9.17) is 0 Å². The lowest BCUT2D eigenvalue weighted by atomic mass is 10.1. The minimum atomic E-state index is 0.121. The third-order valence-electron chi connectivity index (χ3n) is 2.84. The van der Waals surface area contributed by atoms with Gasteiger partial charge in [-0.15, -0.1) is 0 Å². The standard InChI is InChI=1S/C10H8.C8H8O.4C2H6/c1-2-6-10-8-4-3-7-9(10)5-1;1-7(9)8-5-3-2-4-6-8;4*1-2/h1-8H;2-6H,1H3;4*1-2H3. The Morgan fingerprint density at radius 3 is 0.963 bits per heavy atom. The average Bonchev–Trinajstić information content (AvgIpc) is 2.80. The molecule has 0 saturated carbocycles. The van der Waals surface area contributed by atoms with Crippen molar-refractivity contribution in [1.29, 1.82) is 0 Å². The van der Waals surface area contributed by atoms with Gasteiger partial charge in [0.25, 0.3) is 0 Å². The smallest absolute Gasteiger partial charge is 0.159 e. The molecule has 0 unspecified atom stereocenters. The first-order valence-electron chi connectivity index (χ1n) is 10.3. The summed E-state index contributed by atoms with van der Waals surface area (Å²) in [6, 6.07) is 25.9. The maximum absolute atomic E-state index is 10.6. The predicted molar refractivity (Wildman–Crippen MR) is 126 cm³/mol. The molecular weight excluding hydrogens is 328 g/mol. The molecule has 0 saturated heterocycles. The average molecular weight is 369 g/mol. The van der Waals surface area contributed by atoms with Gasteiger partial charge in [-0.25, -0.2) is 0 Å². The molecule has 0 N–H and O–H groups in total. The highest BCUT2D eigenvalue weighted by Gasteiger charge is 1.92. The molecule has 0 bridgehead atoms. The predicted octanol–water partition coefficient (Wildman–Crippen LogP) is 8.83. The van der Waals surface area contributed by atoms with Crippen LogP contribution >= 0.6 is 0 Å². The summed E-state index contributed by atoms with van der Waals surface area (Å²) in [5.74, 6) is 0.121. The quantitative estimate of drug-likeness (QED) is 0.392. The SMILES string of the molecule is CC.CC.CC.CC.CC(=O)c1ccccc1.c1ccc2ccccc2c1. The topological polar surface area (TPSA) is 17.1 Å². The molecule has 0 radical (unpaired) electrons. The second-order valence-corrected chi connectivity index (χ2v) is 4.27. The molecule has 0 amide bonds. The van der Waals surface area contributed by atoms with E-state index in [2.05, 4.69) is 48.5 Å². The van der Waals surface area contributed by atoms with E-state index in [-0.39, 0.29) is 5.78 Å². The van der Waals surface area contributed by atoms with Crippen molar-refractivity contribution in [3.8, 4) is 0 Å². The van der Waals surface area contributed by atoms with Crippen LogP contribution in [-0.4, -0.2) is 5.78 Å². The number of hydrogen-bond donors (Lipinski definition) is 0. The van der Waals surface area contributed by atoms with E-state index in [1.165, 1.54) is 10.8 Å². The maximum atomic E-state index is 10.6. The normalized spacial score (nSPS) is 7.59. The number of benzene rings is 3. The third-order valence-corrected chi connectivity index (χ3v) is 2.84. The van der Waals surface area contributed by atoms with Crippen LogP contribution in [0.3, 0.4) is 0 Å². The summed E-state index contributed by atoms with van der Waals surface area (Å²) < 4.78 is 0. The number of rotatable bonds is 1. The molecule has 27 heavy (non-hydrogen) atoms. The van der Waals surface area contributed by atoms with Crippen LogP contribution in [0, 0.1) is 0 Å². The van der Waals surface area contributed by atoms with Crippen molar-refractivity contribution in [3.05, 3.63) is 84.4 Å². The van der Waals surface area contributed by atoms with Crippen molar-refractivity contribution < 1.29 is 4.79 Å². The summed E-state index contributed by atoms with van der Waals surface area (Å²) in [6.45, 7) is 17.6. The van der Waals surface area contributed by atoms with E-state index in [1.807, 2.05) is 85.7 Å². The fourth-order valence-corrected chi connectivity index (χ4v) is 1.81. The van der Waals surface area contributed by atoms with E-state index in [0.717, 1.165) is 5.56 Å². The zero-order chi connectivity index (χ0) is 21.5. The Kier molecular flexibility index (Phi) is 25.6. The zero-order valence-corrected chi connectivity index (χ0v) is 18.9. The van der Waals surface area contributed by atoms with Crippen LogP contribution in [-0.2, 0) is 0 Å². The molecule has 0 spiro atoms. The number of ketones is 1. The summed E-state index contributed by atoms with van der Waals surface area (Å²) in [5.41, 5.74) is 0.775. The molecule has 3 aromatic rings. The van der Waals surface area contributed by atoms with Crippen molar-refractivity contribution in [2.24, 2.45) is 0 Å². The molecule has 0 aliphatic carbocycles. The molecule has 0 heterocycles. The van der Waals surface area contributed by atoms with E-state index in [1.54, 1.807) is 6.92 Å². The fourth-order valence-electron chi connectivity index (χ4n) is 1.81. The lowest BCUT2D eigenvalue weighted by molar-refractivity contribution is 0.101. The van der Waals surface area contributed by atoms with Gasteiger partial charge in [-0.05, 0) is 17.7 Å². The summed E-state index contributed by atoms with van der Waals surface area (Å²) >= 11 is 0. The second-order valence-electron chi connectivity index (χ2n) is 4.27. The molecule has 1 heteroatoms. The first-order valence-corrected chi connectivity index (χ1v) is 10.3. The first-order chi connectivity index (χ1) is 13.3. The Bertz CT molecular complexity index is 592. The van der Waals surface area contributed by atoms with E-state index in [9.17, 15) is 4.79 Å². The van der Waals surface area contributed by atoms with Crippen LogP contribution < -0.4 is 0 Å². The van der Waals surface area contributed by atoms with Gasteiger partial charge in [0, 0.05) is 5.56 Å². The Morgan fingerprint density at radius 2 is 0.741 bits per heavy atom. The fraction of sp³-hybridized carbons (Fsp3) is 0.346. The van der Waals surface area contributed by atoms with Crippen LogP contribution in [0.5, 0.6) is 0 Å². The molecule has 3 rings (SSSR count). The van der Waals surface area contributed by atoms with Gasteiger partial charge in [0.15, 0.2) is 5.78 Å². The number of hydrogen-bond acceptors (Lipinski definition) is 1. The van der Waals surface area contributed by atoms with Crippen molar-refractivity contribution in [3.63, 3.8) is 0 Å². The highest BCUT2D eigenvalue weighted by Crippen LogP contribution is 2.11. The summed E-state index contributed by atoms with van der Waals surface area (Å²) in [4.78, 5) is 10.6. The number of carbonyl (C=O) groups excluding carboxylic acids is 1. The van der Waals surface area contributed by atoms with Crippen LogP contribution in [0.2, 0.25) is 0 Å². The van der Waals surface area contributed by atoms with Crippen LogP contribution in [0.25, 0.3) is 10.8 Å². The van der Waals surface area contributed by atoms with Crippen LogP contribution in [0.4, 0.5) is 0 Å². The largest absolute Gasteiger partial charge is 0.295 e. The highest BCUT2D eigenvalue weighted by atomic mass is 16.1. The molecule has 0 atom stereocenters. The second kappa shape index (κ2) is 23.6. The Hall–Kier alpha value is -2.41. The van der Waals surface area contributed by atoms with Gasteiger partial charge in [-0.2, -0.15) is 0 Å². The minimum absolute atomic E-state index is 0.121. The molecule has 0 aliphatic heterocycles. The third kappa shape index (κ3) is 14.4. The molecule has 3 aromatic carbocycles. The van der Waals surface area contributed by atoms with Crippen molar-refractivity contribution in [2.75, 3.05) is 0 Å². The van der Waals surface area contributed by atoms with Gasteiger partial charge in [0.1, 0.15) is 0 Å². The van der Waals surface area contributed by atoms with Crippen molar-refractivity contribution in [2.45, 2.75) is 62.3 Å². The monoisotopic (exact) mass is 368 g/mol. The van der Waals surface area contributed by atoms with Gasteiger partial charge >= 0.3 is 0 Å².